The summed E-state index contributed by atoms with van der Waals surface area (Å²) >= 11 is 3.39. The highest BCUT2D eigenvalue weighted by Crippen LogP contribution is 2.18. The number of nitrogens with zero attached hydrogens (tertiary/aromatic N) is 1. The lowest BCUT2D eigenvalue weighted by atomic mass is 10.1. The fourth-order valence-corrected chi connectivity index (χ4v) is 1.95. The minimum absolute atomic E-state index is 0.0733. The average Bonchev–Trinajstić information content (AvgIpc) is 2.43. The van der Waals surface area contributed by atoms with E-state index in [-0.39, 0.29) is 11.7 Å². The summed E-state index contributed by atoms with van der Waals surface area (Å²) in [6.45, 7) is 3.38. The lowest BCUT2D eigenvalue weighted by molar-refractivity contribution is 0.101. The minimum atomic E-state index is -0.295. The zero-order valence-corrected chi connectivity index (χ0v) is 12.7. The lowest BCUT2D eigenvalue weighted by Crippen LogP contribution is -2.13. The molecule has 1 heterocycles. The van der Waals surface area contributed by atoms with Gasteiger partial charge in [0.15, 0.2) is 5.78 Å². The number of nitrogens with one attached hydrogen (secondary N) is 1. The van der Waals surface area contributed by atoms with E-state index in [1.54, 1.807) is 36.5 Å². The van der Waals surface area contributed by atoms with E-state index in [2.05, 4.69) is 26.2 Å². The molecule has 20 heavy (non-hydrogen) atoms. The third-order valence-corrected chi connectivity index (χ3v) is 3.66. The summed E-state index contributed by atoms with van der Waals surface area (Å²) < 4.78 is 0.875. The Hall–Kier alpha value is -2.01. The molecule has 0 fully saturated rings. The molecule has 0 unspecified atom stereocenters. The first-order valence-corrected chi connectivity index (χ1v) is 6.81. The first-order chi connectivity index (χ1) is 9.47. The van der Waals surface area contributed by atoms with E-state index in [1.807, 2.05) is 6.92 Å². The number of anilines is 1. The number of Topliss-reactive ketones (excluding diaryl/α,β-unsaturated/α-hetero) is 1. The number of carbonyl (C=O) groups is 2. The van der Waals surface area contributed by atoms with E-state index in [0.29, 0.717) is 16.9 Å². The van der Waals surface area contributed by atoms with Crippen LogP contribution < -0.4 is 5.32 Å². The molecule has 0 saturated carbocycles. The molecule has 0 aliphatic rings. The normalized spacial score (nSPS) is 10.2. The van der Waals surface area contributed by atoms with Crippen LogP contribution in [0.4, 0.5) is 5.82 Å². The molecule has 0 bridgehead atoms. The van der Waals surface area contributed by atoms with Crippen molar-refractivity contribution in [1.82, 2.24) is 4.98 Å². The number of aryl methyl sites for hydroxylation is 1. The van der Waals surface area contributed by atoms with E-state index in [1.165, 1.54) is 6.92 Å². The molecule has 4 nitrogen and oxygen atoms in total. The molecular formula is C15H13BrN2O2. The van der Waals surface area contributed by atoms with Crippen LogP contribution in [0.25, 0.3) is 0 Å². The maximum atomic E-state index is 12.1. The SMILES string of the molecule is CC(=O)c1cccc(C(=O)Nc2cc(Br)c(C)cn2)c1. The largest absolute Gasteiger partial charge is 0.307 e. The average molecular weight is 333 g/mol. The molecular weight excluding hydrogens is 320 g/mol. The van der Waals surface area contributed by atoms with Gasteiger partial charge in [0.2, 0.25) is 0 Å². The molecule has 1 N–H and O–H groups in total. The molecule has 2 rings (SSSR count). The molecule has 0 aliphatic heterocycles. The van der Waals surface area contributed by atoms with Crippen molar-refractivity contribution in [3.05, 3.63) is 57.7 Å². The number of carbonyl (C=O) groups excluding carboxylic acids is 2. The zero-order valence-electron chi connectivity index (χ0n) is 11.1. The van der Waals surface area contributed by atoms with Crippen LogP contribution in [0.2, 0.25) is 0 Å². The third-order valence-electron chi connectivity index (χ3n) is 2.81. The number of hydrogen-bond acceptors (Lipinski definition) is 3. The summed E-state index contributed by atoms with van der Waals surface area (Å²) in [5.41, 5.74) is 1.92. The fraction of sp³-hybridized carbons (Fsp3) is 0.133. The van der Waals surface area contributed by atoms with Gasteiger partial charge in [-0.2, -0.15) is 0 Å². The van der Waals surface area contributed by atoms with Crippen LogP contribution in [-0.4, -0.2) is 16.7 Å². The molecule has 2 aromatic rings. The Bertz CT molecular complexity index is 683. The van der Waals surface area contributed by atoms with Crippen LogP contribution in [-0.2, 0) is 0 Å². The fourth-order valence-electron chi connectivity index (χ4n) is 1.64. The molecule has 1 aromatic heterocycles. The Morgan fingerprint density at radius 1 is 1.20 bits per heavy atom. The summed E-state index contributed by atoms with van der Waals surface area (Å²) in [5.74, 6) is 0.0907. The van der Waals surface area contributed by atoms with E-state index < -0.39 is 0 Å². The number of aromatic nitrogens is 1. The third kappa shape index (κ3) is 3.30. The highest BCUT2D eigenvalue weighted by Gasteiger charge is 2.09. The quantitative estimate of drug-likeness (QED) is 0.873. The molecule has 1 amide bonds. The highest BCUT2D eigenvalue weighted by molar-refractivity contribution is 9.10. The van der Waals surface area contributed by atoms with Crippen LogP contribution in [0.3, 0.4) is 0 Å². The van der Waals surface area contributed by atoms with Gasteiger partial charge in [-0.15, -0.1) is 0 Å². The van der Waals surface area contributed by atoms with Gasteiger partial charge in [-0.05, 0) is 37.6 Å². The van der Waals surface area contributed by atoms with Gasteiger partial charge in [0.1, 0.15) is 5.82 Å². The Labute approximate surface area is 125 Å². The first kappa shape index (κ1) is 14.4. The Morgan fingerprint density at radius 3 is 2.55 bits per heavy atom. The van der Waals surface area contributed by atoms with Crippen molar-refractivity contribution >= 4 is 33.4 Å². The number of rotatable bonds is 3. The van der Waals surface area contributed by atoms with Gasteiger partial charge in [-0.25, -0.2) is 4.98 Å². The topological polar surface area (TPSA) is 59.1 Å². The molecule has 0 radical (unpaired) electrons. The van der Waals surface area contributed by atoms with Crippen LogP contribution in [0, 0.1) is 6.92 Å². The first-order valence-electron chi connectivity index (χ1n) is 6.02. The molecule has 0 aliphatic carbocycles. The molecule has 1 aromatic carbocycles. The van der Waals surface area contributed by atoms with Gasteiger partial charge in [-0.3, -0.25) is 9.59 Å². The van der Waals surface area contributed by atoms with Crippen molar-refractivity contribution in [1.29, 1.82) is 0 Å². The van der Waals surface area contributed by atoms with Gasteiger partial charge in [-0.1, -0.05) is 28.1 Å². The van der Waals surface area contributed by atoms with Crippen molar-refractivity contribution in [3.8, 4) is 0 Å². The predicted octanol–water partition coefficient (Wildman–Crippen LogP) is 3.61. The standard InChI is InChI=1S/C15H13BrN2O2/c1-9-8-17-14(7-13(9)16)18-15(20)12-5-3-4-11(6-12)10(2)19/h3-8H,1-2H3,(H,17,18,20). The molecule has 0 saturated heterocycles. The van der Waals surface area contributed by atoms with Crippen molar-refractivity contribution in [2.24, 2.45) is 0 Å². The second kappa shape index (κ2) is 5.96. The molecule has 0 atom stereocenters. The van der Waals surface area contributed by atoms with Crippen molar-refractivity contribution in [3.63, 3.8) is 0 Å². The Morgan fingerprint density at radius 2 is 1.90 bits per heavy atom. The van der Waals surface area contributed by atoms with Gasteiger partial charge in [0, 0.05) is 21.8 Å². The van der Waals surface area contributed by atoms with E-state index in [4.69, 9.17) is 0 Å². The minimum Gasteiger partial charge on any atom is -0.307 e. The van der Waals surface area contributed by atoms with Gasteiger partial charge in [0.05, 0.1) is 0 Å². The number of hydrogen-bond donors (Lipinski definition) is 1. The number of benzene rings is 1. The van der Waals surface area contributed by atoms with Crippen molar-refractivity contribution in [2.45, 2.75) is 13.8 Å². The van der Waals surface area contributed by atoms with E-state index >= 15 is 0 Å². The van der Waals surface area contributed by atoms with Gasteiger partial charge < -0.3 is 5.32 Å². The number of pyridine rings is 1. The Balaban J connectivity index is 2.21. The van der Waals surface area contributed by atoms with Crippen LogP contribution >= 0.6 is 15.9 Å². The number of ketones is 1. The molecule has 5 heteroatoms. The summed E-state index contributed by atoms with van der Waals surface area (Å²) in [6, 6.07) is 8.33. The smallest absolute Gasteiger partial charge is 0.256 e. The number of halogens is 1. The maximum absolute atomic E-state index is 12.1. The molecule has 102 valence electrons. The summed E-state index contributed by atoms with van der Waals surface area (Å²) in [5, 5.41) is 2.70. The van der Waals surface area contributed by atoms with Crippen molar-refractivity contribution < 1.29 is 9.59 Å². The van der Waals surface area contributed by atoms with Crippen LogP contribution in [0.1, 0.15) is 33.2 Å². The predicted molar refractivity (Wildman–Crippen MR) is 81.1 cm³/mol. The molecule has 0 spiro atoms. The van der Waals surface area contributed by atoms with Crippen molar-refractivity contribution in [2.75, 3.05) is 5.32 Å². The van der Waals surface area contributed by atoms with Gasteiger partial charge >= 0.3 is 0 Å². The van der Waals surface area contributed by atoms with E-state index in [0.717, 1.165) is 10.0 Å². The number of amides is 1. The Kier molecular flexibility index (Phi) is 4.29. The lowest BCUT2D eigenvalue weighted by Gasteiger charge is -2.06. The monoisotopic (exact) mass is 332 g/mol. The van der Waals surface area contributed by atoms with Crippen LogP contribution in [0.15, 0.2) is 41.0 Å². The van der Waals surface area contributed by atoms with Crippen LogP contribution in [0.5, 0.6) is 0 Å². The van der Waals surface area contributed by atoms with E-state index in [9.17, 15) is 9.59 Å². The zero-order chi connectivity index (χ0) is 14.7. The highest BCUT2D eigenvalue weighted by atomic mass is 79.9. The summed E-state index contributed by atoms with van der Waals surface area (Å²) in [7, 11) is 0. The summed E-state index contributed by atoms with van der Waals surface area (Å²) in [4.78, 5) is 27.6. The second-order valence-corrected chi connectivity index (χ2v) is 5.26. The maximum Gasteiger partial charge on any atom is 0.256 e. The summed E-state index contributed by atoms with van der Waals surface area (Å²) in [6.07, 6.45) is 1.67. The second-order valence-electron chi connectivity index (χ2n) is 4.41. The van der Waals surface area contributed by atoms with Gasteiger partial charge in [0.25, 0.3) is 5.91 Å².